The number of imide groups is 1. The van der Waals surface area contributed by atoms with E-state index in [1.165, 1.54) is 25.7 Å². The largest absolute Gasteiger partial charge is 0.489 e. The fourth-order valence-electron chi connectivity index (χ4n) is 8.42. The third kappa shape index (κ3) is 4.31. The highest BCUT2D eigenvalue weighted by molar-refractivity contribution is 6.06. The number of carbonyl (C=O) groups excluding carboxylic acids is 3. The number of hydrogen-bond acceptors (Lipinski definition) is 9. The van der Waals surface area contributed by atoms with Gasteiger partial charge < -0.3 is 19.4 Å². The SMILES string of the molecule is O=C1CCC(N2Cc3c(ccc4c3OCC3CN(CC5CC6(CCN(c7ncccn7)CC6)C5)CCN43)C2=O)C(=O)N1. The van der Waals surface area contributed by atoms with E-state index in [2.05, 4.69) is 30.0 Å². The van der Waals surface area contributed by atoms with E-state index in [0.717, 1.165) is 68.1 Å². The number of piperidine rings is 2. The van der Waals surface area contributed by atoms with Crippen molar-refractivity contribution >= 4 is 29.4 Å². The molecule has 3 amide bonds. The standard InChI is InChI=1S/C31H37N7O4/c39-26-5-4-25(28(40)34-26)38-18-23-22(29(38)41)2-3-24-27(23)42-19-21-17-35(12-13-37(21)24)16-20-14-31(15-20)6-10-36(11-7-31)30-32-8-1-9-33-30/h1-3,8-9,20-21,25H,4-7,10-19H2,(H,34,39,40). The molecule has 6 aliphatic rings. The number of anilines is 2. The number of aromatic nitrogens is 2. The monoisotopic (exact) mass is 571 g/mol. The van der Waals surface area contributed by atoms with Gasteiger partial charge in [0.25, 0.3) is 5.91 Å². The molecule has 1 saturated carbocycles. The van der Waals surface area contributed by atoms with Crippen molar-refractivity contribution in [3.8, 4) is 5.75 Å². The summed E-state index contributed by atoms with van der Waals surface area (Å²) >= 11 is 0. The third-order valence-corrected chi connectivity index (χ3v) is 10.6. The second kappa shape index (κ2) is 9.93. The molecule has 1 aliphatic carbocycles. The Bertz CT molecular complexity index is 1420. The van der Waals surface area contributed by atoms with Crippen molar-refractivity contribution in [2.24, 2.45) is 11.3 Å². The van der Waals surface area contributed by atoms with Crippen molar-refractivity contribution in [2.45, 2.75) is 57.2 Å². The fraction of sp³-hybridized carbons (Fsp3) is 0.581. The summed E-state index contributed by atoms with van der Waals surface area (Å²) in [5.74, 6) is 1.59. The van der Waals surface area contributed by atoms with Gasteiger partial charge in [-0.2, -0.15) is 0 Å². The number of ether oxygens (including phenoxy) is 1. The summed E-state index contributed by atoms with van der Waals surface area (Å²) in [7, 11) is 0. The van der Waals surface area contributed by atoms with Gasteiger partial charge in [-0.1, -0.05) is 0 Å². The molecule has 8 rings (SSSR count). The fourth-order valence-corrected chi connectivity index (χ4v) is 8.42. The Morgan fingerprint density at radius 2 is 1.81 bits per heavy atom. The highest BCUT2D eigenvalue weighted by Crippen LogP contribution is 2.53. The third-order valence-electron chi connectivity index (χ3n) is 10.6. The minimum absolute atomic E-state index is 0.157. The van der Waals surface area contributed by atoms with E-state index in [9.17, 15) is 14.4 Å². The zero-order chi connectivity index (χ0) is 28.4. The molecule has 1 N–H and O–H groups in total. The van der Waals surface area contributed by atoms with Crippen molar-refractivity contribution in [1.82, 2.24) is 25.1 Å². The number of nitrogens with one attached hydrogen (secondary N) is 1. The van der Waals surface area contributed by atoms with Crippen LogP contribution in [0.5, 0.6) is 5.75 Å². The number of piperazine rings is 1. The Morgan fingerprint density at radius 1 is 1.00 bits per heavy atom. The van der Waals surface area contributed by atoms with Crippen LogP contribution < -0.4 is 19.9 Å². The topological polar surface area (TPSA) is 111 Å². The molecule has 11 heteroatoms. The highest BCUT2D eigenvalue weighted by atomic mass is 16.5. The van der Waals surface area contributed by atoms with Gasteiger partial charge in [-0.15, -0.1) is 0 Å². The molecule has 2 atom stereocenters. The summed E-state index contributed by atoms with van der Waals surface area (Å²) in [6.45, 7) is 7.14. The van der Waals surface area contributed by atoms with Crippen LogP contribution in [-0.2, 0) is 16.1 Å². The molecule has 6 heterocycles. The van der Waals surface area contributed by atoms with Gasteiger partial charge in [0.15, 0.2) is 0 Å². The molecule has 1 aromatic heterocycles. The molecular formula is C31H37N7O4. The van der Waals surface area contributed by atoms with E-state index in [4.69, 9.17) is 4.74 Å². The van der Waals surface area contributed by atoms with E-state index < -0.39 is 6.04 Å². The summed E-state index contributed by atoms with van der Waals surface area (Å²) in [4.78, 5) is 55.2. The molecule has 1 spiro atoms. The summed E-state index contributed by atoms with van der Waals surface area (Å²) in [6, 6.07) is 5.45. The summed E-state index contributed by atoms with van der Waals surface area (Å²) in [5.41, 5.74) is 3.04. The molecule has 4 fully saturated rings. The van der Waals surface area contributed by atoms with Gasteiger partial charge in [-0.05, 0) is 61.6 Å². The number of fused-ring (bicyclic) bond motifs is 5. The average Bonchev–Trinajstić information content (AvgIpc) is 3.33. The van der Waals surface area contributed by atoms with Gasteiger partial charge in [0.1, 0.15) is 18.4 Å². The van der Waals surface area contributed by atoms with Crippen LogP contribution >= 0.6 is 0 Å². The molecule has 0 radical (unpaired) electrons. The van der Waals surface area contributed by atoms with Gasteiger partial charge >= 0.3 is 0 Å². The van der Waals surface area contributed by atoms with Crippen molar-refractivity contribution < 1.29 is 19.1 Å². The van der Waals surface area contributed by atoms with Crippen LogP contribution in [0.4, 0.5) is 11.6 Å². The smallest absolute Gasteiger partial charge is 0.255 e. The number of nitrogens with zero attached hydrogens (tertiary/aromatic N) is 6. The number of amides is 3. The van der Waals surface area contributed by atoms with Crippen LogP contribution in [0.3, 0.4) is 0 Å². The normalized spacial score (nSPS) is 27.2. The van der Waals surface area contributed by atoms with Crippen LogP contribution in [0.2, 0.25) is 0 Å². The van der Waals surface area contributed by atoms with Crippen molar-refractivity contribution in [3.05, 3.63) is 41.7 Å². The van der Waals surface area contributed by atoms with Gasteiger partial charge in [0.2, 0.25) is 17.8 Å². The number of carbonyl (C=O) groups is 3. The lowest BCUT2D eigenvalue weighted by atomic mass is 9.57. The van der Waals surface area contributed by atoms with E-state index in [0.29, 0.717) is 30.6 Å². The minimum Gasteiger partial charge on any atom is -0.489 e. The molecule has 0 bridgehead atoms. The maximum absolute atomic E-state index is 13.2. The Morgan fingerprint density at radius 3 is 2.60 bits per heavy atom. The minimum atomic E-state index is -0.616. The Labute approximate surface area is 245 Å². The second-order valence-electron chi connectivity index (χ2n) is 13.1. The van der Waals surface area contributed by atoms with Crippen LogP contribution in [-0.4, -0.2) is 95.4 Å². The Balaban J connectivity index is 0.873. The summed E-state index contributed by atoms with van der Waals surface area (Å²) in [5, 5.41) is 2.38. The van der Waals surface area contributed by atoms with Crippen LogP contribution in [0.25, 0.3) is 0 Å². The van der Waals surface area contributed by atoms with Crippen molar-refractivity contribution in [2.75, 3.05) is 55.7 Å². The molecule has 1 aromatic carbocycles. The second-order valence-corrected chi connectivity index (χ2v) is 13.1. The Hall–Kier alpha value is -3.73. The number of benzene rings is 1. The summed E-state index contributed by atoms with van der Waals surface area (Å²) in [6.07, 6.45) is 9.38. The number of hydrogen-bond donors (Lipinski definition) is 1. The molecule has 2 aromatic rings. The molecule has 11 nitrogen and oxygen atoms in total. The lowest BCUT2D eigenvalue weighted by Crippen LogP contribution is -2.59. The van der Waals surface area contributed by atoms with Crippen LogP contribution in [0.1, 0.15) is 54.4 Å². The quantitative estimate of drug-likeness (QED) is 0.550. The first-order valence-electron chi connectivity index (χ1n) is 15.4. The lowest BCUT2D eigenvalue weighted by Gasteiger charge is -2.54. The number of rotatable bonds is 4. The zero-order valence-corrected chi connectivity index (χ0v) is 23.8. The first-order chi connectivity index (χ1) is 20.5. The molecule has 220 valence electrons. The maximum atomic E-state index is 13.2. The van der Waals surface area contributed by atoms with E-state index in [-0.39, 0.29) is 30.2 Å². The molecule has 42 heavy (non-hydrogen) atoms. The molecule has 2 unspecified atom stereocenters. The van der Waals surface area contributed by atoms with Crippen LogP contribution in [0.15, 0.2) is 30.6 Å². The van der Waals surface area contributed by atoms with E-state index in [1.807, 2.05) is 30.6 Å². The molecule has 5 aliphatic heterocycles. The maximum Gasteiger partial charge on any atom is 0.255 e. The first kappa shape index (κ1) is 25.9. The van der Waals surface area contributed by atoms with Gasteiger partial charge in [-0.3, -0.25) is 24.6 Å². The van der Waals surface area contributed by atoms with E-state index >= 15 is 0 Å². The average molecular weight is 572 g/mol. The molecular weight excluding hydrogens is 534 g/mol. The van der Waals surface area contributed by atoms with Crippen molar-refractivity contribution in [3.63, 3.8) is 0 Å². The van der Waals surface area contributed by atoms with Gasteiger partial charge in [-0.25, -0.2) is 9.97 Å². The summed E-state index contributed by atoms with van der Waals surface area (Å²) < 4.78 is 6.38. The predicted octanol–water partition coefficient (Wildman–Crippen LogP) is 1.82. The lowest BCUT2D eigenvalue weighted by molar-refractivity contribution is -0.136. The van der Waals surface area contributed by atoms with Gasteiger partial charge in [0.05, 0.1) is 18.3 Å². The van der Waals surface area contributed by atoms with Crippen molar-refractivity contribution in [1.29, 1.82) is 0 Å². The Kier molecular flexibility index (Phi) is 6.13. The highest BCUT2D eigenvalue weighted by Gasteiger charge is 2.47. The molecule has 3 saturated heterocycles. The van der Waals surface area contributed by atoms with Crippen LogP contribution in [0, 0.1) is 11.3 Å². The predicted molar refractivity (Wildman–Crippen MR) is 154 cm³/mol. The van der Waals surface area contributed by atoms with E-state index in [1.54, 1.807) is 4.90 Å². The van der Waals surface area contributed by atoms with Gasteiger partial charge in [0, 0.05) is 69.2 Å². The zero-order valence-electron chi connectivity index (χ0n) is 23.8. The first-order valence-corrected chi connectivity index (χ1v) is 15.4.